The third kappa shape index (κ3) is 3.12. The van der Waals surface area contributed by atoms with E-state index in [1.165, 1.54) is 54.9 Å². The van der Waals surface area contributed by atoms with Crippen molar-refractivity contribution in [3.63, 3.8) is 0 Å². The van der Waals surface area contributed by atoms with Gasteiger partial charge in [-0.1, -0.05) is 91.0 Å². The van der Waals surface area contributed by atoms with Crippen LogP contribution >= 0.6 is 7.92 Å². The highest BCUT2D eigenvalue weighted by Gasteiger charge is 2.26. The maximum absolute atomic E-state index is 2.40. The summed E-state index contributed by atoms with van der Waals surface area (Å²) < 4.78 is 2.40. The minimum absolute atomic E-state index is 0.422. The molecular weight excluding hydrogens is 429 g/mol. The lowest BCUT2D eigenvalue weighted by atomic mass is 9.88. The summed E-state index contributed by atoms with van der Waals surface area (Å²) in [6.45, 7) is 0. The molecule has 0 atom stereocenters. The van der Waals surface area contributed by atoms with E-state index in [0.29, 0.717) is 0 Å². The van der Waals surface area contributed by atoms with Gasteiger partial charge in [0.2, 0.25) is 0 Å². The first-order chi connectivity index (χ1) is 16.9. The fraction of sp³-hybridized carbons (Fsp3) is 0.0625. The van der Waals surface area contributed by atoms with E-state index in [0.717, 1.165) is 12.3 Å². The molecule has 1 aromatic heterocycles. The normalized spacial score (nSPS) is 13.5. The van der Waals surface area contributed by atoms with Gasteiger partial charge >= 0.3 is 0 Å². The lowest BCUT2D eigenvalue weighted by molar-refractivity contribution is 1.11. The van der Waals surface area contributed by atoms with Crippen LogP contribution in [-0.2, 0) is 12.3 Å². The van der Waals surface area contributed by atoms with Gasteiger partial charge in [0, 0.05) is 17.3 Å². The highest BCUT2D eigenvalue weighted by Crippen LogP contribution is 2.52. The minimum Gasteiger partial charge on any atom is -0.317 e. The quantitative estimate of drug-likeness (QED) is 0.233. The molecule has 162 valence electrons. The molecular formula is C32H24NP. The Kier molecular flexibility index (Phi) is 4.64. The number of nitrogens with zero attached hydrogens (tertiary/aromatic N) is 1. The zero-order chi connectivity index (χ0) is 22.5. The smallest absolute Gasteiger partial charge is 0.0465 e. The summed E-state index contributed by atoms with van der Waals surface area (Å²) in [6.07, 6.45) is 4.41. The number of aromatic nitrogens is 1. The molecule has 1 nitrogen and oxygen atoms in total. The zero-order valence-corrected chi connectivity index (χ0v) is 19.8. The molecule has 7 rings (SSSR count). The van der Waals surface area contributed by atoms with Crippen molar-refractivity contribution in [1.29, 1.82) is 0 Å². The van der Waals surface area contributed by atoms with Gasteiger partial charge in [0.05, 0.1) is 0 Å². The third-order valence-electron chi connectivity index (χ3n) is 7.09. The second-order valence-corrected chi connectivity index (χ2v) is 11.2. The Morgan fingerprint density at radius 2 is 1.06 bits per heavy atom. The van der Waals surface area contributed by atoms with Crippen LogP contribution in [0.3, 0.4) is 0 Å². The summed E-state index contributed by atoms with van der Waals surface area (Å²) in [6, 6.07) is 42.5. The van der Waals surface area contributed by atoms with Crippen LogP contribution < -0.4 is 5.44 Å². The molecule has 1 aliphatic heterocycles. The molecule has 1 aliphatic rings. The van der Waals surface area contributed by atoms with Gasteiger partial charge in [0.15, 0.2) is 0 Å². The van der Waals surface area contributed by atoms with Crippen molar-refractivity contribution >= 4 is 34.9 Å². The number of hydrogen-bond acceptors (Lipinski definition) is 0. The number of fused-ring (bicyclic) bond motifs is 7. The van der Waals surface area contributed by atoms with E-state index in [4.69, 9.17) is 0 Å². The molecule has 0 bridgehead atoms. The van der Waals surface area contributed by atoms with Gasteiger partial charge in [0.1, 0.15) is 0 Å². The molecule has 34 heavy (non-hydrogen) atoms. The Morgan fingerprint density at radius 3 is 1.68 bits per heavy atom. The lowest BCUT2D eigenvalue weighted by Gasteiger charge is -2.20. The van der Waals surface area contributed by atoms with E-state index in [1.54, 1.807) is 0 Å². The Morgan fingerprint density at radius 1 is 0.500 bits per heavy atom. The number of benzene rings is 5. The SMILES string of the molecule is c1ccc(-n2cccc2P2Cc3ccc4ccccc4c3-c3c(ccc4ccccc34)C2)cc1. The molecule has 0 aliphatic carbocycles. The van der Waals surface area contributed by atoms with Gasteiger partial charge in [0.25, 0.3) is 0 Å². The van der Waals surface area contributed by atoms with Crippen molar-refractivity contribution in [2.24, 2.45) is 0 Å². The fourth-order valence-electron chi connectivity index (χ4n) is 5.55. The molecule has 0 unspecified atom stereocenters. The first kappa shape index (κ1) is 19.8. The molecule has 0 spiro atoms. The minimum atomic E-state index is -0.422. The van der Waals surface area contributed by atoms with Gasteiger partial charge in [-0.05, 0) is 88.3 Å². The molecule has 0 saturated carbocycles. The summed E-state index contributed by atoms with van der Waals surface area (Å²) in [7, 11) is -0.422. The molecule has 0 saturated heterocycles. The fourth-order valence-corrected chi connectivity index (χ4v) is 8.12. The van der Waals surface area contributed by atoms with Crippen LogP contribution in [0.2, 0.25) is 0 Å². The monoisotopic (exact) mass is 453 g/mol. The molecule has 2 heterocycles. The molecule has 0 radical (unpaired) electrons. The van der Waals surface area contributed by atoms with Crippen molar-refractivity contribution in [1.82, 2.24) is 4.57 Å². The zero-order valence-electron chi connectivity index (χ0n) is 18.9. The largest absolute Gasteiger partial charge is 0.317 e. The summed E-state index contributed by atoms with van der Waals surface area (Å²) in [5.74, 6) is 0. The number of rotatable bonds is 2. The Bertz CT molecular complexity index is 1570. The van der Waals surface area contributed by atoms with Crippen LogP contribution in [0.25, 0.3) is 38.4 Å². The van der Waals surface area contributed by atoms with Crippen molar-refractivity contribution < 1.29 is 0 Å². The summed E-state index contributed by atoms with van der Waals surface area (Å²) in [4.78, 5) is 0. The Balaban J connectivity index is 1.50. The molecule has 0 fully saturated rings. The predicted molar refractivity (Wildman–Crippen MR) is 147 cm³/mol. The van der Waals surface area contributed by atoms with Crippen LogP contribution in [-0.4, -0.2) is 4.57 Å². The molecule has 2 heteroatoms. The van der Waals surface area contributed by atoms with Crippen molar-refractivity contribution in [2.75, 3.05) is 0 Å². The van der Waals surface area contributed by atoms with Gasteiger partial charge < -0.3 is 4.57 Å². The van der Waals surface area contributed by atoms with Gasteiger partial charge in [-0.25, -0.2) is 0 Å². The summed E-state index contributed by atoms with van der Waals surface area (Å²) in [5.41, 5.74) is 8.51. The van der Waals surface area contributed by atoms with Gasteiger partial charge in [-0.15, -0.1) is 0 Å². The third-order valence-corrected chi connectivity index (χ3v) is 9.55. The standard InChI is InChI=1S/C32H24NP/c1-2-11-27(12-3-1)33-20-8-15-30(33)34-21-25-18-16-23-9-4-6-13-28(23)31(25)32-26(22-34)19-17-24-10-5-7-14-29(24)32/h1-20H,21-22H2. The average Bonchev–Trinajstić information content (AvgIpc) is 3.32. The summed E-state index contributed by atoms with van der Waals surface area (Å²) >= 11 is 0. The predicted octanol–water partition coefficient (Wildman–Crippen LogP) is 8.27. The van der Waals surface area contributed by atoms with Crippen molar-refractivity contribution in [2.45, 2.75) is 12.3 Å². The van der Waals surface area contributed by atoms with E-state index in [1.807, 2.05) is 0 Å². The summed E-state index contributed by atoms with van der Waals surface area (Å²) in [5, 5.41) is 5.37. The lowest BCUT2D eigenvalue weighted by Crippen LogP contribution is -2.14. The van der Waals surface area contributed by atoms with E-state index < -0.39 is 7.92 Å². The van der Waals surface area contributed by atoms with Crippen molar-refractivity contribution in [3.05, 3.63) is 133 Å². The van der Waals surface area contributed by atoms with E-state index in [9.17, 15) is 0 Å². The Hall–Kier alpha value is -3.67. The molecule has 6 aromatic rings. The molecule has 0 amide bonds. The van der Waals surface area contributed by atoms with Crippen LogP contribution in [0, 0.1) is 0 Å². The molecule has 5 aromatic carbocycles. The number of hydrogen-bond donors (Lipinski definition) is 0. The highest BCUT2D eigenvalue weighted by atomic mass is 31.1. The van der Waals surface area contributed by atoms with Crippen molar-refractivity contribution in [3.8, 4) is 16.8 Å². The van der Waals surface area contributed by atoms with E-state index in [2.05, 4.69) is 126 Å². The van der Waals surface area contributed by atoms with Crippen LogP contribution in [0.5, 0.6) is 0 Å². The van der Waals surface area contributed by atoms with E-state index >= 15 is 0 Å². The first-order valence-corrected chi connectivity index (χ1v) is 13.6. The van der Waals surface area contributed by atoms with E-state index in [-0.39, 0.29) is 0 Å². The maximum atomic E-state index is 2.40. The average molecular weight is 454 g/mol. The highest BCUT2D eigenvalue weighted by molar-refractivity contribution is 7.64. The van der Waals surface area contributed by atoms with Gasteiger partial charge in [-0.3, -0.25) is 0 Å². The van der Waals surface area contributed by atoms with Crippen LogP contribution in [0.1, 0.15) is 11.1 Å². The first-order valence-electron chi connectivity index (χ1n) is 11.9. The van der Waals surface area contributed by atoms with Crippen LogP contribution in [0.15, 0.2) is 121 Å². The topological polar surface area (TPSA) is 4.93 Å². The van der Waals surface area contributed by atoms with Crippen LogP contribution in [0.4, 0.5) is 0 Å². The second kappa shape index (κ2) is 7.97. The van der Waals surface area contributed by atoms with Gasteiger partial charge in [-0.2, -0.15) is 0 Å². The number of para-hydroxylation sites is 1. The molecule has 0 N–H and O–H groups in total. The maximum Gasteiger partial charge on any atom is 0.0465 e. The second-order valence-electron chi connectivity index (χ2n) is 9.07. The Labute approximate surface area is 201 Å².